The summed E-state index contributed by atoms with van der Waals surface area (Å²) in [7, 11) is 0. The molecule has 3 aromatic carbocycles. The highest BCUT2D eigenvalue weighted by Crippen LogP contribution is 2.34. The summed E-state index contributed by atoms with van der Waals surface area (Å²) in [5.41, 5.74) is 12.0. The second kappa shape index (κ2) is 13.2. The number of carbonyl (C=O) groups is 2. The lowest BCUT2D eigenvalue weighted by Crippen LogP contribution is -2.22. The highest BCUT2D eigenvalue weighted by Gasteiger charge is 2.18. The Kier molecular flexibility index (Phi) is 8.96. The third-order valence-corrected chi connectivity index (χ3v) is 6.90. The molecular weight excluding hydrogens is 516 g/mol. The monoisotopic (exact) mass is 550 g/mol. The van der Waals surface area contributed by atoms with Gasteiger partial charge in [-0.3, -0.25) is 9.59 Å². The van der Waals surface area contributed by atoms with Crippen LogP contribution in [0.15, 0.2) is 101 Å². The molecule has 7 heteroatoms. The molecule has 0 radical (unpaired) electrons. The molecule has 0 aliphatic heterocycles. The largest absolute Gasteiger partial charge is 0.489 e. The SMILES string of the molecule is CCOC(=O)CC1=CCCC=C1OCc1cc(-c2cccc(CN)c2)c2oc(CNC(=O)c3ccccc3)cc2c1. The van der Waals surface area contributed by atoms with Gasteiger partial charge in [0.05, 0.1) is 19.6 Å². The molecule has 0 bridgehead atoms. The van der Waals surface area contributed by atoms with Crippen LogP contribution in [-0.4, -0.2) is 18.5 Å². The summed E-state index contributed by atoms with van der Waals surface area (Å²) in [6.07, 6.45) is 6.00. The third-order valence-electron chi connectivity index (χ3n) is 6.90. The Bertz CT molecular complexity index is 1600. The molecular formula is C34H34N2O5. The molecule has 41 heavy (non-hydrogen) atoms. The number of esters is 1. The number of rotatable bonds is 11. The number of allylic oxidation sites excluding steroid dienone is 3. The van der Waals surface area contributed by atoms with Crippen LogP contribution in [0.5, 0.6) is 0 Å². The highest BCUT2D eigenvalue weighted by molar-refractivity contribution is 5.95. The molecule has 7 nitrogen and oxygen atoms in total. The zero-order valence-corrected chi connectivity index (χ0v) is 23.2. The van der Waals surface area contributed by atoms with E-state index in [9.17, 15) is 9.59 Å². The summed E-state index contributed by atoms with van der Waals surface area (Å²) in [6, 6.07) is 23.2. The van der Waals surface area contributed by atoms with Gasteiger partial charge in [-0.15, -0.1) is 0 Å². The topological polar surface area (TPSA) is 104 Å². The summed E-state index contributed by atoms with van der Waals surface area (Å²) >= 11 is 0. The van der Waals surface area contributed by atoms with E-state index in [1.165, 1.54) is 0 Å². The maximum atomic E-state index is 12.6. The third kappa shape index (κ3) is 6.94. The maximum absolute atomic E-state index is 12.6. The number of benzene rings is 3. The van der Waals surface area contributed by atoms with Gasteiger partial charge in [0.1, 0.15) is 23.7 Å². The molecule has 0 unspecified atom stereocenters. The minimum atomic E-state index is -0.260. The minimum absolute atomic E-state index is 0.163. The lowest BCUT2D eigenvalue weighted by Gasteiger charge is -2.17. The van der Waals surface area contributed by atoms with E-state index in [2.05, 4.69) is 17.4 Å². The predicted octanol–water partition coefficient (Wildman–Crippen LogP) is 6.56. The number of fused-ring (bicyclic) bond motifs is 1. The molecule has 1 aliphatic rings. The van der Waals surface area contributed by atoms with Gasteiger partial charge in [0.15, 0.2) is 0 Å². The second-order valence-electron chi connectivity index (χ2n) is 9.87. The van der Waals surface area contributed by atoms with Gasteiger partial charge >= 0.3 is 5.97 Å². The van der Waals surface area contributed by atoms with Gasteiger partial charge in [0.25, 0.3) is 5.91 Å². The van der Waals surface area contributed by atoms with Gasteiger partial charge in [-0.05, 0) is 78.9 Å². The van der Waals surface area contributed by atoms with Crippen molar-refractivity contribution in [3.05, 3.63) is 119 Å². The van der Waals surface area contributed by atoms with Crippen LogP contribution in [0.2, 0.25) is 0 Å². The summed E-state index contributed by atoms with van der Waals surface area (Å²) in [5.74, 6) is 0.938. The number of nitrogens with one attached hydrogen (secondary N) is 1. The van der Waals surface area contributed by atoms with Crippen molar-refractivity contribution in [2.75, 3.05) is 6.61 Å². The summed E-state index contributed by atoms with van der Waals surface area (Å²) in [6.45, 7) is 3.15. The molecule has 1 aliphatic carbocycles. The number of nitrogens with two attached hydrogens (primary N) is 1. The first kappa shape index (κ1) is 27.9. The number of ether oxygens (including phenoxy) is 2. The van der Waals surface area contributed by atoms with Crippen molar-refractivity contribution in [1.29, 1.82) is 0 Å². The average Bonchev–Trinajstić information content (AvgIpc) is 3.42. The number of hydrogen-bond donors (Lipinski definition) is 2. The van der Waals surface area contributed by atoms with Crippen molar-refractivity contribution in [3.8, 4) is 11.1 Å². The van der Waals surface area contributed by atoms with Crippen LogP contribution in [0.1, 0.15) is 53.4 Å². The van der Waals surface area contributed by atoms with E-state index < -0.39 is 0 Å². The van der Waals surface area contributed by atoms with E-state index >= 15 is 0 Å². The molecule has 0 saturated carbocycles. The van der Waals surface area contributed by atoms with Crippen LogP contribution in [0.4, 0.5) is 0 Å². The van der Waals surface area contributed by atoms with E-state index in [-0.39, 0.29) is 24.8 Å². The first-order chi connectivity index (χ1) is 20.0. The van der Waals surface area contributed by atoms with Gasteiger partial charge < -0.3 is 24.9 Å². The zero-order chi connectivity index (χ0) is 28.6. The van der Waals surface area contributed by atoms with Crippen LogP contribution < -0.4 is 11.1 Å². The predicted molar refractivity (Wildman–Crippen MR) is 159 cm³/mol. The standard InChI is InChI=1S/C34H34N2O5/c1-2-39-32(37)19-27-12-6-7-14-31(27)40-22-24-16-28-18-29(21-36-34(38)25-10-4-3-5-11-25)41-33(28)30(17-24)26-13-8-9-23(15-26)20-35/h3-5,8-18H,2,6-7,19-22,35H2,1H3,(H,36,38). The highest BCUT2D eigenvalue weighted by atomic mass is 16.5. The fourth-order valence-electron chi connectivity index (χ4n) is 4.92. The van der Waals surface area contributed by atoms with Crippen LogP contribution in [0.3, 0.4) is 0 Å². The Balaban J connectivity index is 1.41. The molecule has 1 heterocycles. The number of furan rings is 1. The van der Waals surface area contributed by atoms with E-state index in [4.69, 9.17) is 19.6 Å². The molecule has 1 aromatic heterocycles. The van der Waals surface area contributed by atoms with E-state index in [0.29, 0.717) is 36.8 Å². The Morgan fingerprint density at radius 2 is 1.78 bits per heavy atom. The van der Waals surface area contributed by atoms with Gasteiger partial charge in [-0.25, -0.2) is 0 Å². The summed E-state index contributed by atoms with van der Waals surface area (Å²) < 4.78 is 17.7. The maximum Gasteiger partial charge on any atom is 0.310 e. The normalized spacial score (nSPS) is 12.9. The van der Waals surface area contributed by atoms with Gasteiger partial charge in [0.2, 0.25) is 0 Å². The van der Waals surface area contributed by atoms with Crippen molar-refractivity contribution in [2.45, 2.75) is 45.9 Å². The zero-order valence-electron chi connectivity index (χ0n) is 23.2. The lowest BCUT2D eigenvalue weighted by molar-refractivity contribution is -0.142. The number of carbonyl (C=O) groups excluding carboxylic acids is 2. The Labute approximate surface area is 239 Å². The van der Waals surface area contributed by atoms with Gasteiger partial charge in [-0.2, -0.15) is 0 Å². The molecule has 1 amide bonds. The number of hydrogen-bond acceptors (Lipinski definition) is 6. The Hall–Kier alpha value is -4.62. The van der Waals surface area contributed by atoms with Crippen molar-refractivity contribution in [1.82, 2.24) is 5.32 Å². The quantitative estimate of drug-likeness (QED) is 0.205. The first-order valence-corrected chi connectivity index (χ1v) is 13.9. The van der Waals surface area contributed by atoms with Crippen molar-refractivity contribution < 1.29 is 23.5 Å². The van der Waals surface area contributed by atoms with Crippen molar-refractivity contribution in [3.63, 3.8) is 0 Å². The Morgan fingerprint density at radius 3 is 2.59 bits per heavy atom. The molecule has 0 atom stereocenters. The lowest BCUT2D eigenvalue weighted by atomic mass is 9.98. The second-order valence-corrected chi connectivity index (χ2v) is 9.87. The van der Waals surface area contributed by atoms with Crippen LogP contribution in [0.25, 0.3) is 22.1 Å². The molecule has 0 fully saturated rings. The van der Waals surface area contributed by atoms with Crippen LogP contribution in [-0.2, 0) is 34.0 Å². The van der Waals surface area contributed by atoms with E-state index in [1.54, 1.807) is 19.1 Å². The Morgan fingerprint density at radius 1 is 0.951 bits per heavy atom. The van der Waals surface area contributed by atoms with Gasteiger partial charge in [0, 0.05) is 28.6 Å². The van der Waals surface area contributed by atoms with E-state index in [0.717, 1.165) is 51.6 Å². The summed E-state index contributed by atoms with van der Waals surface area (Å²) in [4.78, 5) is 24.7. The molecule has 0 spiro atoms. The molecule has 0 saturated heterocycles. The van der Waals surface area contributed by atoms with Crippen molar-refractivity contribution in [2.24, 2.45) is 5.73 Å². The average molecular weight is 551 g/mol. The fourth-order valence-corrected chi connectivity index (χ4v) is 4.92. The molecule has 4 aromatic rings. The van der Waals surface area contributed by atoms with Crippen LogP contribution in [0, 0.1) is 0 Å². The fraction of sp³-hybridized carbons (Fsp3) is 0.235. The molecule has 210 valence electrons. The summed E-state index contributed by atoms with van der Waals surface area (Å²) in [5, 5.41) is 3.85. The molecule has 3 N–H and O–H groups in total. The van der Waals surface area contributed by atoms with Crippen molar-refractivity contribution >= 4 is 22.8 Å². The molecule has 5 rings (SSSR count). The number of amides is 1. The van der Waals surface area contributed by atoms with Gasteiger partial charge in [-0.1, -0.05) is 42.5 Å². The van der Waals surface area contributed by atoms with E-state index in [1.807, 2.05) is 60.7 Å². The van der Waals surface area contributed by atoms with Crippen LogP contribution >= 0.6 is 0 Å². The first-order valence-electron chi connectivity index (χ1n) is 13.9. The smallest absolute Gasteiger partial charge is 0.310 e. The minimum Gasteiger partial charge on any atom is -0.489 e.